The number of hydrogen-bond donors (Lipinski definition) is 4. The minimum Gasteiger partial charge on any atom is -0.465 e. The molecule has 2 aliphatic heterocycles. The van der Waals surface area contributed by atoms with E-state index in [-0.39, 0.29) is 12.5 Å². The average Bonchev–Trinajstić information content (AvgIpc) is 2.64. The van der Waals surface area contributed by atoms with Gasteiger partial charge in [0.25, 0.3) is 5.91 Å². The molecule has 0 spiro atoms. The van der Waals surface area contributed by atoms with E-state index in [0.717, 1.165) is 6.42 Å². The first-order valence-corrected chi connectivity index (χ1v) is 5.73. The summed E-state index contributed by atoms with van der Waals surface area (Å²) in [7, 11) is 0. The molecule has 2 rings (SSSR count). The van der Waals surface area contributed by atoms with Gasteiger partial charge >= 0.3 is 12.1 Å². The van der Waals surface area contributed by atoms with Gasteiger partial charge in [0.2, 0.25) is 0 Å². The van der Waals surface area contributed by atoms with E-state index in [9.17, 15) is 14.4 Å². The van der Waals surface area contributed by atoms with E-state index in [4.69, 9.17) is 9.84 Å². The molecular weight excluding hydrogens is 242 g/mol. The Kier molecular flexibility index (Phi) is 3.37. The molecule has 8 nitrogen and oxygen atoms in total. The second-order valence-corrected chi connectivity index (χ2v) is 4.45. The molecule has 8 heteroatoms. The van der Waals surface area contributed by atoms with Gasteiger partial charge in [0, 0.05) is 12.5 Å². The minimum atomic E-state index is -1.24. The molecule has 4 N–H and O–H groups in total. The molecule has 100 valence electrons. The lowest BCUT2D eigenvalue weighted by Crippen LogP contribution is -2.61. The van der Waals surface area contributed by atoms with Crippen LogP contribution in [0.5, 0.6) is 0 Å². The van der Waals surface area contributed by atoms with Crippen molar-refractivity contribution in [2.45, 2.75) is 18.4 Å². The lowest BCUT2D eigenvalue weighted by Gasteiger charge is -2.36. The Morgan fingerprint density at radius 3 is 2.83 bits per heavy atom. The van der Waals surface area contributed by atoms with E-state index in [0.29, 0.717) is 19.6 Å². The number of nitrogens with one attached hydrogen (secondary N) is 3. The highest BCUT2D eigenvalue weighted by molar-refractivity contribution is 6.07. The summed E-state index contributed by atoms with van der Waals surface area (Å²) < 4.78 is 5.30. The second kappa shape index (κ2) is 4.81. The van der Waals surface area contributed by atoms with Gasteiger partial charge in [0.05, 0.1) is 13.2 Å². The van der Waals surface area contributed by atoms with Crippen LogP contribution in [0, 0.1) is 5.92 Å². The van der Waals surface area contributed by atoms with Crippen molar-refractivity contribution in [2.75, 3.05) is 19.8 Å². The maximum atomic E-state index is 11.9. The third-order valence-electron chi connectivity index (χ3n) is 3.34. The van der Waals surface area contributed by atoms with Crippen molar-refractivity contribution in [2.24, 2.45) is 5.92 Å². The number of amides is 4. The molecule has 0 aromatic heterocycles. The zero-order valence-electron chi connectivity index (χ0n) is 9.69. The maximum Gasteiger partial charge on any atom is 0.404 e. The lowest BCUT2D eigenvalue weighted by molar-refractivity contribution is -0.128. The highest BCUT2D eigenvalue weighted by atomic mass is 16.5. The van der Waals surface area contributed by atoms with E-state index >= 15 is 0 Å². The standard InChI is InChI=1S/C10H15N3O5/c14-7-10(5-11-9(16)17,13-8(15)12-7)6-2-1-3-18-4-6/h6,11H,1-5H2,(H,16,17)(H2,12,13,14,15). The maximum absolute atomic E-state index is 11.9. The Morgan fingerprint density at radius 2 is 2.33 bits per heavy atom. The normalized spacial score (nSPS) is 31.7. The van der Waals surface area contributed by atoms with Gasteiger partial charge in [-0.2, -0.15) is 0 Å². The Labute approximate surface area is 103 Å². The van der Waals surface area contributed by atoms with Crippen LogP contribution in [0.15, 0.2) is 0 Å². The summed E-state index contributed by atoms with van der Waals surface area (Å²) in [6.07, 6.45) is 0.248. The van der Waals surface area contributed by atoms with Crippen molar-refractivity contribution in [3.05, 3.63) is 0 Å². The van der Waals surface area contributed by atoms with Gasteiger partial charge in [-0.05, 0) is 12.8 Å². The Hall–Kier alpha value is -1.83. The fourth-order valence-electron chi connectivity index (χ4n) is 2.41. The second-order valence-electron chi connectivity index (χ2n) is 4.45. The van der Waals surface area contributed by atoms with E-state index < -0.39 is 23.6 Å². The monoisotopic (exact) mass is 257 g/mol. The number of hydrogen-bond acceptors (Lipinski definition) is 4. The number of ether oxygens (including phenoxy) is 1. The van der Waals surface area contributed by atoms with Crippen LogP contribution in [0.3, 0.4) is 0 Å². The molecule has 2 fully saturated rings. The Balaban J connectivity index is 2.18. The summed E-state index contributed by atoms with van der Waals surface area (Å²) in [6, 6.07) is -0.599. The molecule has 0 aliphatic carbocycles. The van der Waals surface area contributed by atoms with E-state index in [1.165, 1.54) is 0 Å². The van der Waals surface area contributed by atoms with Gasteiger partial charge in [-0.25, -0.2) is 9.59 Å². The van der Waals surface area contributed by atoms with Crippen molar-refractivity contribution in [1.29, 1.82) is 0 Å². The average molecular weight is 257 g/mol. The summed E-state index contributed by atoms with van der Waals surface area (Å²) in [6.45, 7) is 0.789. The third kappa shape index (κ3) is 2.23. The van der Waals surface area contributed by atoms with Crippen LogP contribution < -0.4 is 16.0 Å². The predicted octanol–water partition coefficient (Wildman–Crippen LogP) is -0.741. The zero-order chi connectivity index (χ0) is 13.2. The van der Waals surface area contributed by atoms with E-state index in [2.05, 4.69) is 16.0 Å². The topological polar surface area (TPSA) is 117 Å². The van der Waals surface area contributed by atoms with E-state index in [1.807, 2.05) is 0 Å². The number of carbonyl (C=O) groups excluding carboxylic acids is 2. The lowest BCUT2D eigenvalue weighted by atomic mass is 9.80. The van der Waals surface area contributed by atoms with Gasteiger partial charge in [-0.3, -0.25) is 10.1 Å². The molecule has 2 atom stereocenters. The van der Waals surface area contributed by atoms with Gasteiger partial charge < -0.3 is 20.5 Å². The summed E-state index contributed by atoms with van der Waals surface area (Å²) >= 11 is 0. The van der Waals surface area contributed by atoms with Crippen LogP contribution in [-0.4, -0.2) is 48.4 Å². The van der Waals surface area contributed by atoms with Crippen LogP contribution in [-0.2, 0) is 9.53 Å². The van der Waals surface area contributed by atoms with Gasteiger partial charge in [0.1, 0.15) is 5.54 Å². The summed E-state index contributed by atoms with van der Waals surface area (Å²) in [5.74, 6) is -0.735. The summed E-state index contributed by atoms with van der Waals surface area (Å²) in [5.41, 5.74) is -1.24. The minimum absolute atomic E-state index is 0.159. The first-order valence-electron chi connectivity index (χ1n) is 5.73. The Morgan fingerprint density at radius 1 is 1.56 bits per heavy atom. The first-order chi connectivity index (χ1) is 8.54. The smallest absolute Gasteiger partial charge is 0.404 e. The highest BCUT2D eigenvalue weighted by Gasteiger charge is 2.52. The molecule has 2 aliphatic rings. The molecule has 0 aromatic carbocycles. The van der Waals surface area contributed by atoms with Crippen molar-refractivity contribution in [1.82, 2.24) is 16.0 Å². The van der Waals surface area contributed by atoms with Crippen molar-refractivity contribution in [3.8, 4) is 0 Å². The number of imide groups is 1. The molecule has 4 amide bonds. The van der Waals surface area contributed by atoms with Crippen LogP contribution in [0.4, 0.5) is 9.59 Å². The number of urea groups is 1. The third-order valence-corrected chi connectivity index (χ3v) is 3.34. The first kappa shape index (κ1) is 12.6. The predicted molar refractivity (Wildman–Crippen MR) is 59.0 cm³/mol. The van der Waals surface area contributed by atoms with Crippen LogP contribution in [0.25, 0.3) is 0 Å². The van der Waals surface area contributed by atoms with Crippen LogP contribution in [0.2, 0.25) is 0 Å². The molecule has 2 heterocycles. The van der Waals surface area contributed by atoms with Crippen LogP contribution >= 0.6 is 0 Å². The van der Waals surface area contributed by atoms with E-state index in [1.54, 1.807) is 0 Å². The van der Waals surface area contributed by atoms with Crippen LogP contribution in [0.1, 0.15) is 12.8 Å². The zero-order valence-corrected chi connectivity index (χ0v) is 9.69. The quantitative estimate of drug-likeness (QED) is 0.497. The van der Waals surface area contributed by atoms with Crippen molar-refractivity contribution in [3.63, 3.8) is 0 Å². The summed E-state index contributed by atoms with van der Waals surface area (Å²) in [5, 5.41) is 15.5. The molecule has 18 heavy (non-hydrogen) atoms. The summed E-state index contributed by atoms with van der Waals surface area (Å²) in [4.78, 5) is 33.8. The van der Waals surface area contributed by atoms with Gasteiger partial charge in [-0.15, -0.1) is 0 Å². The molecule has 0 radical (unpaired) electrons. The SMILES string of the molecule is O=C(O)NCC1(C2CCCOC2)NC(=O)NC1=O. The molecule has 0 saturated carbocycles. The fraction of sp³-hybridized carbons (Fsp3) is 0.700. The Bertz CT molecular complexity index is 380. The fourth-order valence-corrected chi connectivity index (χ4v) is 2.41. The molecule has 0 bridgehead atoms. The molecule has 0 aromatic rings. The van der Waals surface area contributed by atoms with Crippen molar-refractivity contribution >= 4 is 18.0 Å². The number of carboxylic acid groups (broad SMARTS) is 1. The number of rotatable bonds is 3. The largest absolute Gasteiger partial charge is 0.465 e. The van der Waals surface area contributed by atoms with Gasteiger partial charge in [-0.1, -0.05) is 0 Å². The molecular formula is C10H15N3O5. The number of carbonyl (C=O) groups is 3. The van der Waals surface area contributed by atoms with Gasteiger partial charge in [0.15, 0.2) is 0 Å². The van der Waals surface area contributed by atoms with Crippen molar-refractivity contribution < 1.29 is 24.2 Å². The molecule has 2 unspecified atom stereocenters. The highest BCUT2D eigenvalue weighted by Crippen LogP contribution is 2.28. The molecule has 2 saturated heterocycles.